The molecule has 11 nitrogen and oxygen atoms in total. The third-order valence-electron chi connectivity index (χ3n) is 4.76. The van der Waals surface area contributed by atoms with Gasteiger partial charge in [-0.1, -0.05) is 41.9 Å². The number of fused-ring (bicyclic) bond motifs is 1. The maximum Gasteiger partial charge on any atom is 0.329 e. The average molecular weight is 455 g/mol. The highest BCUT2D eigenvalue weighted by molar-refractivity contribution is 6.31. The van der Waals surface area contributed by atoms with E-state index in [1.165, 1.54) is 30.0 Å². The number of aromatic amines is 1. The first kappa shape index (κ1) is 21.3. The molecule has 164 valence electrons. The third-order valence-corrected chi connectivity index (χ3v) is 5.13. The monoisotopic (exact) mass is 454 g/mol. The molecule has 0 saturated heterocycles. The van der Waals surface area contributed by atoms with Gasteiger partial charge >= 0.3 is 5.69 Å². The van der Waals surface area contributed by atoms with Crippen LogP contribution in [0.5, 0.6) is 0 Å². The van der Waals surface area contributed by atoms with E-state index < -0.39 is 11.2 Å². The van der Waals surface area contributed by atoms with Crippen LogP contribution in [-0.2, 0) is 13.6 Å². The van der Waals surface area contributed by atoms with Crippen molar-refractivity contribution in [1.82, 2.24) is 19.1 Å². The molecule has 0 spiro atoms. The summed E-state index contributed by atoms with van der Waals surface area (Å²) in [6.07, 6.45) is 1.41. The average Bonchev–Trinajstić information content (AvgIpc) is 3.13. The van der Waals surface area contributed by atoms with Gasteiger partial charge in [-0.2, -0.15) is 10.1 Å². The standard InChI is InChI=1S/C20H17ClN7O4/c1-26-17-16(18(29)24-20(26)30)27(11-13-6-2-3-8-15(13)21)19(23-17)25-22-10-12-5-4-7-14(9-12)28(31)32/h2-10,31H,11H2,1H3,(H,23,25)(H,24,29,30)/q-1. The first-order valence-electron chi connectivity index (χ1n) is 9.33. The highest BCUT2D eigenvalue weighted by Gasteiger charge is 2.18. The lowest BCUT2D eigenvalue weighted by atomic mass is 10.2. The van der Waals surface area contributed by atoms with Gasteiger partial charge in [-0.3, -0.25) is 24.1 Å². The van der Waals surface area contributed by atoms with Crippen molar-refractivity contribution in [2.24, 2.45) is 12.1 Å². The molecule has 4 rings (SSSR count). The molecule has 2 aromatic heterocycles. The van der Waals surface area contributed by atoms with Crippen LogP contribution in [0.15, 0.2) is 63.2 Å². The molecule has 0 saturated carbocycles. The molecule has 12 heteroatoms. The number of nitrogens with one attached hydrogen (secondary N) is 2. The smallest absolute Gasteiger partial charge is 0.329 e. The summed E-state index contributed by atoms with van der Waals surface area (Å²) in [4.78, 5) is 31.2. The van der Waals surface area contributed by atoms with Gasteiger partial charge < -0.3 is 10.4 Å². The number of nitrogens with zero attached hydrogens (tertiary/aromatic N) is 5. The fourth-order valence-corrected chi connectivity index (χ4v) is 3.35. The second kappa shape index (κ2) is 8.67. The Bertz CT molecular complexity index is 1440. The van der Waals surface area contributed by atoms with Gasteiger partial charge in [0.1, 0.15) is 0 Å². The van der Waals surface area contributed by atoms with Crippen LogP contribution in [-0.4, -0.2) is 30.5 Å². The van der Waals surface area contributed by atoms with Gasteiger partial charge in [0.05, 0.1) is 18.4 Å². The molecule has 0 radical (unpaired) electrons. The first-order valence-corrected chi connectivity index (χ1v) is 9.71. The molecular formula is C20H17ClN7O4-. The minimum atomic E-state index is -0.595. The molecule has 0 aliphatic rings. The Labute approximate surface area is 185 Å². The zero-order valence-electron chi connectivity index (χ0n) is 16.7. The maximum atomic E-state index is 12.6. The van der Waals surface area contributed by atoms with Crippen LogP contribution in [0.3, 0.4) is 0 Å². The van der Waals surface area contributed by atoms with E-state index in [1.807, 2.05) is 12.1 Å². The Morgan fingerprint density at radius 2 is 2.06 bits per heavy atom. The van der Waals surface area contributed by atoms with Gasteiger partial charge in [-0.25, -0.2) is 10.2 Å². The van der Waals surface area contributed by atoms with Crippen molar-refractivity contribution < 1.29 is 5.21 Å². The van der Waals surface area contributed by atoms with Gasteiger partial charge in [0.2, 0.25) is 5.95 Å². The molecule has 32 heavy (non-hydrogen) atoms. The van der Waals surface area contributed by atoms with Crippen LogP contribution in [0.25, 0.3) is 11.2 Å². The van der Waals surface area contributed by atoms with Crippen molar-refractivity contribution in [3.05, 3.63) is 90.7 Å². The summed E-state index contributed by atoms with van der Waals surface area (Å²) in [6.45, 7) is 0.195. The molecule has 0 bridgehead atoms. The van der Waals surface area contributed by atoms with E-state index in [9.17, 15) is 14.8 Å². The van der Waals surface area contributed by atoms with Gasteiger partial charge in [0.15, 0.2) is 11.2 Å². The lowest BCUT2D eigenvalue weighted by Crippen LogP contribution is -2.29. The van der Waals surface area contributed by atoms with Crippen LogP contribution in [0.1, 0.15) is 11.1 Å². The highest BCUT2D eigenvalue weighted by Crippen LogP contribution is 2.22. The van der Waals surface area contributed by atoms with Crippen molar-refractivity contribution in [2.75, 3.05) is 10.7 Å². The van der Waals surface area contributed by atoms with Gasteiger partial charge in [0, 0.05) is 12.1 Å². The van der Waals surface area contributed by atoms with E-state index in [-0.39, 0.29) is 34.6 Å². The van der Waals surface area contributed by atoms with Crippen molar-refractivity contribution in [1.29, 1.82) is 0 Å². The Morgan fingerprint density at radius 3 is 2.81 bits per heavy atom. The molecule has 0 aliphatic carbocycles. The molecule has 3 N–H and O–H groups in total. The molecule has 0 amide bonds. The second-order valence-corrected chi connectivity index (χ2v) is 7.25. The topological polar surface area (TPSA) is 144 Å². The number of hydrogen-bond donors (Lipinski definition) is 3. The fourth-order valence-electron chi connectivity index (χ4n) is 3.16. The zero-order chi connectivity index (χ0) is 22.8. The number of halogens is 1. The summed E-state index contributed by atoms with van der Waals surface area (Å²) in [5.74, 6) is 0.201. The summed E-state index contributed by atoms with van der Waals surface area (Å²) in [5.41, 5.74) is 3.24. The predicted octanol–water partition coefficient (Wildman–Crippen LogP) is 2.26. The van der Waals surface area contributed by atoms with E-state index in [0.29, 0.717) is 10.6 Å². The van der Waals surface area contributed by atoms with E-state index in [0.717, 1.165) is 5.56 Å². The normalized spacial score (nSPS) is 11.4. The molecule has 4 aromatic rings. The van der Waals surface area contributed by atoms with Gasteiger partial charge in [-0.05, 0) is 29.3 Å². The first-order chi connectivity index (χ1) is 15.3. The minimum Gasteiger partial charge on any atom is -0.733 e. The molecule has 0 atom stereocenters. The zero-order valence-corrected chi connectivity index (χ0v) is 17.4. The summed E-state index contributed by atoms with van der Waals surface area (Å²) in [5, 5.41) is 24.5. The van der Waals surface area contributed by atoms with Crippen LogP contribution in [0, 0.1) is 5.21 Å². The van der Waals surface area contributed by atoms with Crippen molar-refractivity contribution >= 4 is 40.6 Å². The lowest BCUT2D eigenvalue weighted by molar-refractivity contribution is 0.296. The summed E-state index contributed by atoms with van der Waals surface area (Å²) in [6, 6.07) is 13.3. The van der Waals surface area contributed by atoms with Gasteiger partial charge in [-0.15, -0.1) is 0 Å². The summed E-state index contributed by atoms with van der Waals surface area (Å²) < 4.78 is 2.79. The van der Waals surface area contributed by atoms with Gasteiger partial charge in [0.25, 0.3) is 5.56 Å². The summed E-state index contributed by atoms with van der Waals surface area (Å²) >= 11 is 6.29. The number of H-pyrrole nitrogens is 1. The van der Waals surface area contributed by atoms with Crippen LogP contribution in [0.2, 0.25) is 5.02 Å². The Kier molecular flexibility index (Phi) is 5.77. The summed E-state index contributed by atoms with van der Waals surface area (Å²) in [7, 11) is 1.50. The molecule has 0 aliphatic heterocycles. The number of hydrogen-bond acceptors (Lipinski definition) is 8. The Morgan fingerprint density at radius 1 is 1.28 bits per heavy atom. The third kappa shape index (κ3) is 4.12. The number of aryl methyl sites for hydroxylation is 1. The van der Waals surface area contributed by atoms with Crippen molar-refractivity contribution in [2.45, 2.75) is 6.54 Å². The molecular weight excluding hydrogens is 438 g/mol. The quantitative estimate of drug-likeness (QED) is 0.299. The van der Waals surface area contributed by atoms with E-state index in [2.05, 4.69) is 20.5 Å². The molecule has 2 aromatic carbocycles. The number of hydrazone groups is 1. The Hall–Kier alpha value is -3.93. The molecule has 2 heterocycles. The Balaban J connectivity index is 1.76. The number of aromatic nitrogens is 4. The molecule has 0 fully saturated rings. The maximum absolute atomic E-state index is 12.6. The van der Waals surface area contributed by atoms with E-state index in [4.69, 9.17) is 16.8 Å². The number of benzene rings is 2. The van der Waals surface area contributed by atoms with Crippen molar-refractivity contribution in [3.8, 4) is 0 Å². The SMILES string of the molecule is Cn1c(=O)[nH]c(=O)c2c1nc(NN=Cc1cccc(N([O-])O)c1)n2Cc1ccccc1Cl. The van der Waals surface area contributed by atoms with Crippen LogP contribution in [0.4, 0.5) is 11.6 Å². The van der Waals surface area contributed by atoms with E-state index >= 15 is 0 Å². The van der Waals surface area contributed by atoms with Crippen LogP contribution < -0.4 is 21.9 Å². The second-order valence-electron chi connectivity index (χ2n) is 6.84. The largest absolute Gasteiger partial charge is 0.733 e. The van der Waals surface area contributed by atoms with Crippen molar-refractivity contribution in [3.63, 3.8) is 0 Å². The molecule has 0 unspecified atom stereocenters. The van der Waals surface area contributed by atoms with Crippen LogP contribution >= 0.6 is 11.6 Å². The number of imidazole rings is 1. The predicted molar refractivity (Wildman–Crippen MR) is 121 cm³/mol. The lowest BCUT2D eigenvalue weighted by Gasteiger charge is -2.21. The fraction of sp³-hybridized carbons (Fsp3) is 0.100. The number of anilines is 2. The minimum absolute atomic E-state index is 0.0430. The highest BCUT2D eigenvalue weighted by atomic mass is 35.5. The number of rotatable bonds is 6. The van der Waals surface area contributed by atoms with E-state index in [1.54, 1.807) is 28.8 Å².